The van der Waals surface area contributed by atoms with Crippen molar-refractivity contribution in [2.24, 2.45) is 4.99 Å². The minimum atomic E-state index is -0.721. The van der Waals surface area contributed by atoms with Crippen molar-refractivity contribution in [3.05, 3.63) is 48.0 Å². The third-order valence-corrected chi connectivity index (χ3v) is 6.72. The second kappa shape index (κ2) is 10.9. The van der Waals surface area contributed by atoms with E-state index in [9.17, 15) is 14.4 Å². The molecule has 2 aliphatic rings. The quantitative estimate of drug-likeness (QED) is 0.360. The SMILES string of the molecule is Cc1cc2cc(NC(=N[C@H]3CCCCN(CC(=O)N4CCCC4)C3=O)NC(=O)c3cn[nH]c3)ccc2o1. The summed E-state index contributed by atoms with van der Waals surface area (Å²) in [5.41, 5.74) is 1.77. The number of hydrogen-bond donors (Lipinski definition) is 3. The number of fused-ring (bicyclic) bond motifs is 1. The number of amides is 3. The van der Waals surface area contributed by atoms with Crippen LogP contribution >= 0.6 is 0 Å². The topological polar surface area (TPSA) is 136 Å². The van der Waals surface area contributed by atoms with Gasteiger partial charge >= 0.3 is 0 Å². The van der Waals surface area contributed by atoms with Crippen LogP contribution in [0.1, 0.15) is 48.2 Å². The lowest BCUT2D eigenvalue weighted by molar-refractivity contribution is -0.140. The number of aliphatic imine (C=N–C) groups is 1. The van der Waals surface area contributed by atoms with Gasteiger partial charge in [0.25, 0.3) is 5.91 Å². The molecule has 2 aromatic heterocycles. The molecule has 4 heterocycles. The van der Waals surface area contributed by atoms with Crippen LogP contribution in [0.25, 0.3) is 11.0 Å². The highest BCUT2D eigenvalue weighted by atomic mass is 16.3. The van der Waals surface area contributed by atoms with Gasteiger partial charge in [0, 0.05) is 36.9 Å². The van der Waals surface area contributed by atoms with Crippen LogP contribution in [0, 0.1) is 6.92 Å². The highest BCUT2D eigenvalue weighted by molar-refractivity contribution is 6.10. The van der Waals surface area contributed by atoms with Gasteiger partial charge in [-0.1, -0.05) is 0 Å². The molecule has 0 aliphatic carbocycles. The maximum Gasteiger partial charge on any atom is 0.261 e. The predicted molar refractivity (Wildman–Crippen MR) is 138 cm³/mol. The van der Waals surface area contributed by atoms with Gasteiger partial charge in [-0.3, -0.25) is 24.8 Å². The van der Waals surface area contributed by atoms with Crippen LogP contribution in [-0.4, -0.2) is 75.9 Å². The summed E-state index contributed by atoms with van der Waals surface area (Å²) < 4.78 is 5.65. The van der Waals surface area contributed by atoms with E-state index in [1.165, 1.54) is 12.4 Å². The molecule has 11 heteroatoms. The number of furan rings is 1. The molecule has 194 valence electrons. The molecule has 5 rings (SSSR count). The number of anilines is 1. The Kier molecular flexibility index (Phi) is 7.20. The number of carbonyl (C=O) groups is 3. The number of aromatic amines is 1. The van der Waals surface area contributed by atoms with Gasteiger partial charge in [-0.05, 0) is 63.3 Å². The number of rotatable bonds is 5. The molecule has 2 aliphatic heterocycles. The zero-order valence-corrected chi connectivity index (χ0v) is 20.8. The fourth-order valence-electron chi connectivity index (χ4n) is 4.79. The van der Waals surface area contributed by atoms with Crippen molar-refractivity contribution < 1.29 is 18.8 Å². The largest absolute Gasteiger partial charge is 0.461 e. The molecule has 3 N–H and O–H groups in total. The molecular formula is C26H31N7O4. The number of H-pyrrole nitrogens is 1. The first-order valence-electron chi connectivity index (χ1n) is 12.7. The molecule has 0 unspecified atom stereocenters. The molecule has 37 heavy (non-hydrogen) atoms. The van der Waals surface area contributed by atoms with Crippen molar-refractivity contribution in [3.8, 4) is 0 Å². The lowest BCUT2D eigenvalue weighted by Crippen LogP contribution is -2.45. The average Bonchev–Trinajstić information content (AvgIpc) is 3.64. The third kappa shape index (κ3) is 5.82. The predicted octanol–water partition coefficient (Wildman–Crippen LogP) is 2.67. The second-order valence-electron chi connectivity index (χ2n) is 9.51. The Hall–Kier alpha value is -4.15. The van der Waals surface area contributed by atoms with Gasteiger partial charge < -0.3 is 19.5 Å². The van der Waals surface area contributed by atoms with Crippen molar-refractivity contribution >= 4 is 40.3 Å². The first kappa shape index (κ1) is 24.5. The number of aryl methyl sites for hydroxylation is 1. The van der Waals surface area contributed by atoms with Crippen LogP contribution in [0.15, 0.2) is 46.1 Å². The summed E-state index contributed by atoms with van der Waals surface area (Å²) in [5, 5.41) is 13.3. The minimum absolute atomic E-state index is 0.0224. The summed E-state index contributed by atoms with van der Waals surface area (Å²) in [6.07, 6.45) is 7.01. The van der Waals surface area contributed by atoms with Crippen molar-refractivity contribution in [2.45, 2.75) is 45.1 Å². The number of likely N-dealkylation sites (tertiary alicyclic amines) is 2. The van der Waals surface area contributed by atoms with Gasteiger partial charge in [0.1, 0.15) is 17.4 Å². The number of nitrogens with zero attached hydrogens (tertiary/aromatic N) is 4. The molecule has 2 fully saturated rings. The Balaban J connectivity index is 1.38. The summed E-state index contributed by atoms with van der Waals surface area (Å²) >= 11 is 0. The Morgan fingerprint density at radius 3 is 2.76 bits per heavy atom. The van der Waals surface area contributed by atoms with E-state index < -0.39 is 11.9 Å². The average molecular weight is 506 g/mol. The summed E-state index contributed by atoms with van der Waals surface area (Å²) in [6, 6.07) is 6.75. The number of nitrogens with one attached hydrogen (secondary N) is 3. The Labute approximate surface area is 214 Å². The number of aromatic nitrogens is 2. The molecule has 11 nitrogen and oxygen atoms in total. The van der Waals surface area contributed by atoms with Gasteiger partial charge in [-0.25, -0.2) is 4.99 Å². The van der Waals surface area contributed by atoms with E-state index in [-0.39, 0.29) is 24.3 Å². The number of benzene rings is 1. The van der Waals surface area contributed by atoms with Gasteiger partial charge in [-0.2, -0.15) is 5.10 Å². The van der Waals surface area contributed by atoms with Crippen LogP contribution in [0.3, 0.4) is 0 Å². The molecule has 0 spiro atoms. The smallest absolute Gasteiger partial charge is 0.261 e. The standard InChI is InChI=1S/C26H31N7O4/c1-17-12-18-13-20(7-8-22(18)37-17)29-26(31-24(35)19-14-27-28-15-19)30-21-6-2-3-11-33(25(21)36)16-23(34)32-9-4-5-10-32/h7-8,12-15,21H,2-6,9-11,16H2,1H3,(H,27,28)(H2,29,30,31,35)/t21-/m0/s1. The molecular weight excluding hydrogens is 474 g/mol. The maximum atomic E-state index is 13.5. The van der Waals surface area contributed by atoms with Crippen molar-refractivity contribution in [2.75, 3.05) is 31.5 Å². The van der Waals surface area contributed by atoms with Crippen molar-refractivity contribution in [1.29, 1.82) is 0 Å². The zero-order chi connectivity index (χ0) is 25.8. The van der Waals surface area contributed by atoms with E-state index in [0.717, 1.165) is 55.5 Å². The van der Waals surface area contributed by atoms with E-state index in [1.54, 1.807) is 4.90 Å². The maximum absolute atomic E-state index is 13.5. The monoisotopic (exact) mass is 505 g/mol. The first-order valence-corrected chi connectivity index (χ1v) is 12.7. The van der Waals surface area contributed by atoms with E-state index in [1.807, 2.05) is 36.1 Å². The number of carbonyl (C=O) groups excluding carboxylic acids is 3. The van der Waals surface area contributed by atoms with E-state index in [0.29, 0.717) is 24.2 Å². The highest BCUT2D eigenvalue weighted by Gasteiger charge is 2.30. The number of hydrogen-bond acceptors (Lipinski definition) is 6. The number of guanidine groups is 1. The van der Waals surface area contributed by atoms with Crippen LogP contribution in [0.5, 0.6) is 0 Å². The van der Waals surface area contributed by atoms with Gasteiger partial charge in [0.15, 0.2) is 0 Å². The van der Waals surface area contributed by atoms with Gasteiger partial charge in [-0.15, -0.1) is 0 Å². The molecule has 1 aromatic carbocycles. The van der Waals surface area contributed by atoms with Crippen molar-refractivity contribution in [3.63, 3.8) is 0 Å². The van der Waals surface area contributed by atoms with Crippen LogP contribution in [-0.2, 0) is 9.59 Å². The highest BCUT2D eigenvalue weighted by Crippen LogP contribution is 2.23. The molecule has 0 saturated carbocycles. The Bertz CT molecular complexity index is 1310. The first-order chi connectivity index (χ1) is 18.0. The van der Waals surface area contributed by atoms with E-state index in [2.05, 4.69) is 25.8 Å². The van der Waals surface area contributed by atoms with Gasteiger partial charge in [0.2, 0.25) is 17.8 Å². The van der Waals surface area contributed by atoms with E-state index >= 15 is 0 Å². The van der Waals surface area contributed by atoms with E-state index in [4.69, 9.17) is 4.42 Å². The summed E-state index contributed by atoms with van der Waals surface area (Å²) in [4.78, 5) is 47.1. The van der Waals surface area contributed by atoms with Crippen LogP contribution < -0.4 is 10.6 Å². The molecule has 3 amide bonds. The van der Waals surface area contributed by atoms with Crippen LogP contribution in [0.4, 0.5) is 5.69 Å². The molecule has 1 atom stereocenters. The third-order valence-electron chi connectivity index (χ3n) is 6.72. The molecule has 0 radical (unpaired) electrons. The minimum Gasteiger partial charge on any atom is -0.461 e. The second-order valence-corrected chi connectivity index (χ2v) is 9.51. The molecule has 0 bridgehead atoms. The van der Waals surface area contributed by atoms with Gasteiger partial charge in [0.05, 0.1) is 18.3 Å². The normalized spacial score (nSPS) is 18.8. The summed E-state index contributed by atoms with van der Waals surface area (Å²) in [6.45, 7) is 3.95. The molecule has 3 aromatic rings. The van der Waals surface area contributed by atoms with Crippen molar-refractivity contribution in [1.82, 2.24) is 25.3 Å². The Morgan fingerprint density at radius 2 is 1.97 bits per heavy atom. The summed E-state index contributed by atoms with van der Waals surface area (Å²) in [5.74, 6) is 0.301. The fraction of sp³-hybridized carbons (Fsp3) is 0.423. The zero-order valence-electron chi connectivity index (χ0n) is 20.8. The molecule has 2 saturated heterocycles. The lowest BCUT2D eigenvalue weighted by Gasteiger charge is -2.25. The van der Waals surface area contributed by atoms with Crippen LogP contribution in [0.2, 0.25) is 0 Å². The lowest BCUT2D eigenvalue weighted by atomic mass is 10.1. The fourth-order valence-corrected chi connectivity index (χ4v) is 4.79. The summed E-state index contributed by atoms with van der Waals surface area (Å²) in [7, 11) is 0. The Morgan fingerprint density at radius 1 is 1.16 bits per heavy atom.